The Labute approximate surface area is 71.0 Å². The van der Waals surface area contributed by atoms with Gasteiger partial charge in [0, 0.05) is 0 Å². The molecule has 1 heterocycles. The van der Waals surface area contributed by atoms with Crippen molar-refractivity contribution >= 4 is 8.07 Å². The first kappa shape index (κ1) is 8.79. The molecule has 11 heavy (non-hydrogen) atoms. The van der Waals surface area contributed by atoms with Crippen LogP contribution in [-0.2, 0) is 0 Å². The van der Waals surface area contributed by atoms with Gasteiger partial charge in [0.15, 0.2) is 0 Å². The van der Waals surface area contributed by atoms with E-state index in [0.717, 1.165) is 0 Å². The van der Waals surface area contributed by atoms with Crippen molar-refractivity contribution in [2.45, 2.75) is 38.8 Å². The highest BCUT2D eigenvalue weighted by Crippen LogP contribution is 2.32. The summed E-state index contributed by atoms with van der Waals surface area (Å²) in [5.74, 6) is 0. The molecular formula is C10H18Si. The first-order valence-corrected chi connectivity index (χ1v) is 7.17. The maximum Gasteiger partial charge on any atom is 0.101 e. The van der Waals surface area contributed by atoms with Crippen molar-refractivity contribution < 1.29 is 0 Å². The molecule has 0 radical (unpaired) electrons. The highest BCUT2D eigenvalue weighted by atomic mass is 28.3. The zero-order valence-corrected chi connectivity index (χ0v) is 8.64. The fraction of sp³-hybridized carbons (Fsp3) is 0.600. The van der Waals surface area contributed by atoms with Crippen LogP contribution in [0.3, 0.4) is 0 Å². The van der Waals surface area contributed by atoms with Crippen molar-refractivity contribution in [3.05, 3.63) is 23.6 Å². The third kappa shape index (κ3) is 2.06. The van der Waals surface area contributed by atoms with Crippen LogP contribution in [0.4, 0.5) is 0 Å². The lowest BCUT2D eigenvalue weighted by Crippen LogP contribution is -2.24. The van der Waals surface area contributed by atoms with Crippen LogP contribution in [0.2, 0.25) is 12.1 Å². The van der Waals surface area contributed by atoms with Crippen molar-refractivity contribution in [3.63, 3.8) is 0 Å². The molecule has 0 amide bonds. The minimum atomic E-state index is -0.993. The van der Waals surface area contributed by atoms with E-state index in [-0.39, 0.29) is 0 Å². The van der Waals surface area contributed by atoms with E-state index in [1.165, 1.54) is 24.9 Å². The van der Waals surface area contributed by atoms with Gasteiger partial charge in [-0.15, -0.1) is 0 Å². The lowest BCUT2D eigenvalue weighted by atomic mass is 10.4. The van der Waals surface area contributed by atoms with Crippen molar-refractivity contribution in [1.29, 1.82) is 0 Å². The van der Waals surface area contributed by atoms with E-state index in [1.807, 2.05) is 0 Å². The van der Waals surface area contributed by atoms with Gasteiger partial charge in [0.1, 0.15) is 8.07 Å². The van der Waals surface area contributed by atoms with E-state index in [2.05, 4.69) is 37.4 Å². The molecule has 1 heteroatoms. The van der Waals surface area contributed by atoms with Crippen LogP contribution in [0.5, 0.6) is 0 Å². The van der Waals surface area contributed by atoms with Gasteiger partial charge in [0.25, 0.3) is 0 Å². The van der Waals surface area contributed by atoms with E-state index >= 15 is 0 Å². The molecule has 0 aliphatic carbocycles. The van der Waals surface area contributed by atoms with E-state index in [1.54, 1.807) is 0 Å². The molecule has 1 aliphatic rings. The van der Waals surface area contributed by atoms with Crippen molar-refractivity contribution in [1.82, 2.24) is 0 Å². The van der Waals surface area contributed by atoms with Gasteiger partial charge in [-0.1, -0.05) is 48.5 Å². The summed E-state index contributed by atoms with van der Waals surface area (Å²) >= 11 is 0. The molecule has 1 rings (SSSR count). The van der Waals surface area contributed by atoms with Gasteiger partial charge in [-0.05, 0) is 13.8 Å². The Hall–Kier alpha value is -0.303. The van der Waals surface area contributed by atoms with Crippen LogP contribution >= 0.6 is 0 Å². The second-order valence-corrected chi connectivity index (χ2v) is 7.57. The fourth-order valence-corrected chi connectivity index (χ4v) is 6.26. The van der Waals surface area contributed by atoms with E-state index in [9.17, 15) is 0 Å². The molecule has 62 valence electrons. The van der Waals surface area contributed by atoms with Gasteiger partial charge in [-0.25, -0.2) is 0 Å². The molecule has 0 bridgehead atoms. The van der Waals surface area contributed by atoms with E-state index < -0.39 is 8.07 Å². The molecule has 0 aromatic carbocycles. The highest BCUT2D eigenvalue weighted by Gasteiger charge is 2.30. The average Bonchev–Trinajstić information content (AvgIpc) is 2.39. The normalized spacial score (nSPS) is 23.8. The number of hydrogen-bond acceptors (Lipinski definition) is 0. The first-order chi connectivity index (χ1) is 5.33. The highest BCUT2D eigenvalue weighted by molar-refractivity contribution is 6.89. The van der Waals surface area contributed by atoms with Gasteiger partial charge in [0.05, 0.1) is 0 Å². The Morgan fingerprint density at radius 3 is 1.73 bits per heavy atom. The van der Waals surface area contributed by atoms with Crippen molar-refractivity contribution in [2.75, 3.05) is 0 Å². The molecular weight excluding hydrogens is 148 g/mol. The summed E-state index contributed by atoms with van der Waals surface area (Å²) in [5, 5.41) is 0. The summed E-state index contributed by atoms with van der Waals surface area (Å²) in [6.45, 7) is 4.30. The zero-order valence-electron chi connectivity index (χ0n) is 7.64. The third-order valence-corrected chi connectivity index (χ3v) is 7.09. The fourth-order valence-electron chi connectivity index (χ4n) is 2.09. The molecule has 0 nitrogen and oxygen atoms in total. The number of allylic oxidation sites excluding steroid dienone is 2. The molecule has 0 N–H and O–H groups in total. The predicted octanol–water partition coefficient (Wildman–Crippen LogP) is 3.46. The second kappa shape index (κ2) is 3.91. The molecule has 0 saturated carbocycles. The molecule has 0 unspecified atom stereocenters. The Morgan fingerprint density at radius 1 is 0.909 bits per heavy atom. The predicted molar refractivity (Wildman–Crippen MR) is 54.2 cm³/mol. The van der Waals surface area contributed by atoms with Crippen molar-refractivity contribution in [2.24, 2.45) is 0 Å². The van der Waals surface area contributed by atoms with Gasteiger partial charge < -0.3 is 0 Å². The molecule has 1 fully saturated rings. The summed E-state index contributed by atoms with van der Waals surface area (Å²) in [6.07, 6.45) is 7.41. The van der Waals surface area contributed by atoms with Gasteiger partial charge in [-0.2, -0.15) is 0 Å². The third-order valence-electron chi connectivity index (χ3n) is 2.53. The smallest absolute Gasteiger partial charge is 0.0952 e. The van der Waals surface area contributed by atoms with Gasteiger partial charge in [-0.3, -0.25) is 0 Å². The van der Waals surface area contributed by atoms with Crippen molar-refractivity contribution in [3.8, 4) is 0 Å². The Bertz CT molecular complexity index is 148. The van der Waals surface area contributed by atoms with E-state index in [0.29, 0.717) is 0 Å². The Kier molecular flexibility index (Phi) is 3.12. The first-order valence-electron chi connectivity index (χ1n) is 4.61. The SMILES string of the molecule is CC=C[Si]1(C=CC)CCCC1. The molecule has 1 saturated heterocycles. The second-order valence-electron chi connectivity index (χ2n) is 3.44. The van der Waals surface area contributed by atoms with E-state index in [4.69, 9.17) is 0 Å². The summed E-state index contributed by atoms with van der Waals surface area (Å²) in [4.78, 5) is 0. The number of hydrogen-bond donors (Lipinski definition) is 0. The monoisotopic (exact) mass is 166 g/mol. The molecule has 0 atom stereocenters. The maximum atomic E-state index is 2.50. The summed E-state index contributed by atoms with van der Waals surface area (Å²) in [6, 6.07) is 2.98. The minimum Gasteiger partial charge on any atom is -0.0952 e. The standard InChI is InChI=1S/C10H18Si/c1-3-7-11(8-4-2)9-5-6-10-11/h3-4,7-8H,5-6,9-10H2,1-2H3. The number of rotatable bonds is 2. The maximum absolute atomic E-state index is 2.50. The lowest BCUT2D eigenvalue weighted by Gasteiger charge is -2.16. The summed E-state index contributed by atoms with van der Waals surface area (Å²) in [5.41, 5.74) is 5.00. The molecule has 1 aliphatic heterocycles. The Balaban J connectivity index is 2.69. The van der Waals surface area contributed by atoms with Crippen LogP contribution in [0.1, 0.15) is 26.7 Å². The molecule has 0 spiro atoms. The lowest BCUT2D eigenvalue weighted by molar-refractivity contribution is 0.935. The summed E-state index contributed by atoms with van der Waals surface area (Å²) in [7, 11) is -0.993. The zero-order chi connectivity index (χ0) is 8.16. The van der Waals surface area contributed by atoms with Gasteiger partial charge in [0.2, 0.25) is 0 Å². The van der Waals surface area contributed by atoms with Crippen LogP contribution in [0.15, 0.2) is 23.6 Å². The largest absolute Gasteiger partial charge is 0.101 e. The quantitative estimate of drug-likeness (QED) is 0.551. The Morgan fingerprint density at radius 2 is 1.36 bits per heavy atom. The van der Waals surface area contributed by atoms with Crippen LogP contribution < -0.4 is 0 Å². The molecule has 0 aromatic rings. The van der Waals surface area contributed by atoms with Crippen LogP contribution in [-0.4, -0.2) is 8.07 Å². The topological polar surface area (TPSA) is 0 Å². The molecule has 0 aromatic heterocycles. The van der Waals surface area contributed by atoms with Crippen LogP contribution in [0.25, 0.3) is 0 Å². The summed E-state index contributed by atoms with van der Waals surface area (Å²) < 4.78 is 0. The average molecular weight is 166 g/mol. The minimum absolute atomic E-state index is 0.993. The van der Waals surface area contributed by atoms with Gasteiger partial charge >= 0.3 is 0 Å². The van der Waals surface area contributed by atoms with Crippen LogP contribution in [0, 0.1) is 0 Å².